The van der Waals surface area contributed by atoms with Crippen molar-refractivity contribution in [2.45, 2.75) is 32.4 Å². The van der Waals surface area contributed by atoms with E-state index in [1.807, 2.05) is 42.7 Å². The maximum absolute atomic E-state index is 9.91. The van der Waals surface area contributed by atoms with Gasteiger partial charge >= 0.3 is 0 Å². The molecule has 2 aromatic rings. The first kappa shape index (κ1) is 13.2. The lowest BCUT2D eigenvalue weighted by atomic mass is 10.1. The molecule has 1 atom stereocenters. The standard InChI is InChI=1S/C15H18ClNO/c1-2-4-15(18)13-7-8-17(11-13)10-12-5-3-6-14(16)9-12/h3,5-9,11,15,18H,2,4,10H2,1H3. The van der Waals surface area contributed by atoms with Gasteiger partial charge in [-0.1, -0.05) is 37.1 Å². The van der Waals surface area contributed by atoms with Crippen LogP contribution in [-0.4, -0.2) is 9.67 Å². The van der Waals surface area contributed by atoms with E-state index in [9.17, 15) is 5.11 Å². The molecule has 2 nitrogen and oxygen atoms in total. The lowest BCUT2D eigenvalue weighted by molar-refractivity contribution is 0.166. The Labute approximate surface area is 113 Å². The van der Waals surface area contributed by atoms with Gasteiger partial charge in [0.15, 0.2) is 0 Å². The molecule has 96 valence electrons. The maximum atomic E-state index is 9.91. The van der Waals surface area contributed by atoms with Gasteiger partial charge in [-0.05, 0) is 35.7 Å². The second-order valence-corrected chi connectivity index (χ2v) is 4.99. The van der Waals surface area contributed by atoms with E-state index in [4.69, 9.17) is 11.6 Å². The van der Waals surface area contributed by atoms with E-state index in [-0.39, 0.29) is 6.10 Å². The Morgan fingerprint density at radius 1 is 1.33 bits per heavy atom. The number of nitrogens with zero attached hydrogens (tertiary/aromatic N) is 1. The second kappa shape index (κ2) is 6.07. The molecule has 1 heterocycles. The first-order valence-electron chi connectivity index (χ1n) is 6.27. The van der Waals surface area contributed by atoms with Crippen LogP contribution in [0.5, 0.6) is 0 Å². The van der Waals surface area contributed by atoms with Crippen molar-refractivity contribution in [2.24, 2.45) is 0 Å². The van der Waals surface area contributed by atoms with Gasteiger partial charge in [-0.25, -0.2) is 0 Å². The summed E-state index contributed by atoms with van der Waals surface area (Å²) in [5, 5.41) is 10.7. The van der Waals surface area contributed by atoms with E-state index >= 15 is 0 Å². The summed E-state index contributed by atoms with van der Waals surface area (Å²) in [6.45, 7) is 2.85. The Kier molecular flexibility index (Phi) is 4.45. The van der Waals surface area contributed by atoms with Crippen molar-refractivity contribution in [3.63, 3.8) is 0 Å². The van der Waals surface area contributed by atoms with E-state index in [0.717, 1.165) is 35.5 Å². The molecule has 1 aromatic carbocycles. The molecule has 0 aliphatic carbocycles. The highest BCUT2D eigenvalue weighted by Gasteiger charge is 2.07. The van der Waals surface area contributed by atoms with E-state index in [1.54, 1.807) is 0 Å². The van der Waals surface area contributed by atoms with Crippen LogP contribution in [0.25, 0.3) is 0 Å². The maximum Gasteiger partial charge on any atom is 0.0804 e. The number of aromatic nitrogens is 1. The Balaban J connectivity index is 2.06. The smallest absolute Gasteiger partial charge is 0.0804 e. The summed E-state index contributed by atoms with van der Waals surface area (Å²) in [7, 11) is 0. The molecular formula is C15H18ClNO. The van der Waals surface area contributed by atoms with E-state index in [0.29, 0.717) is 0 Å². The van der Waals surface area contributed by atoms with Crippen molar-refractivity contribution >= 4 is 11.6 Å². The first-order valence-corrected chi connectivity index (χ1v) is 6.65. The van der Waals surface area contributed by atoms with Crippen molar-refractivity contribution in [1.29, 1.82) is 0 Å². The van der Waals surface area contributed by atoms with Crippen LogP contribution in [-0.2, 0) is 6.54 Å². The largest absolute Gasteiger partial charge is 0.388 e. The van der Waals surface area contributed by atoms with Crippen LogP contribution in [0.4, 0.5) is 0 Å². The van der Waals surface area contributed by atoms with Gasteiger partial charge in [0.2, 0.25) is 0 Å². The van der Waals surface area contributed by atoms with Gasteiger partial charge in [-0.15, -0.1) is 0 Å². The van der Waals surface area contributed by atoms with Crippen LogP contribution in [0.3, 0.4) is 0 Å². The summed E-state index contributed by atoms with van der Waals surface area (Å²) in [5.74, 6) is 0. The van der Waals surface area contributed by atoms with Gasteiger partial charge in [0.1, 0.15) is 0 Å². The molecule has 0 amide bonds. The van der Waals surface area contributed by atoms with Gasteiger partial charge in [0, 0.05) is 24.0 Å². The summed E-state index contributed by atoms with van der Waals surface area (Å²) in [4.78, 5) is 0. The Morgan fingerprint density at radius 2 is 2.17 bits per heavy atom. The van der Waals surface area contributed by atoms with Crippen molar-refractivity contribution in [1.82, 2.24) is 4.57 Å². The van der Waals surface area contributed by atoms with E-state index < -0.39 is 0 Å². The number of hydrogen-bond acceptors (Lipinski definition) is 1. The van der Waals surface area contributed by atoms with Crippen LogP contribution in [0.2, 0.25) is 5.02 Å². The molecule has 1 unspecified atom stereocenters. The Morgan fingerprint density at radius 3 is 2.89 bits per heavy atom. The molecule has 1 N–H and O–H groups in total. The third kappa shape index (κ3) is 3.37. The van der Waals surface area contributed by atoms with Crippen molar-refractivity contribution in [3.8, 4) is 0 Å². The molecule has 0 saturated carbocycles. The van der Waals surface area contributed by atoms with Crippen molar-refractivity contribution < 1.29 is 5.11 Å². The average Bonchev–Trinajstić information content (AvgIpc) is 2.78. The van der Waals surface area contributed by atoms with Crippen LogP contribution in [0.15, 0.2) is 42.7 Å². The highest BCUT2D eigenvalue weighted by molar-refractivity contribution is 6.30. The van der Waals surface area contributed by atoms with Crippen LogP contribution >= 0.6 is 11.6 Å². The average molecular weight is 264 g/mol. The quantitative estimate of drug-likeness (QED) is 0.866. The van der Waals surface area contributed by atoms with Crippen molar-refractivity contribution in [2.75, 3.05) is 0 Å². The fourth-order valence-electron chi connectivity index (χ4n) is 2.04. The molecule has 2 rings (SSSR count). The zero-order valence-electron chi connectivity index (χ0n) is 10.5. The molecule has 1 aromatic heterocycles. The molecule has 0 fully saturated rings. The molecule has 0 bridgehead atoms. The molecule has 0 spiro atoms. The van der Waals surface area contributed by atoms with Gasteiger partial charge in [-0.2, -0.15) is 0 Å². The highest BCUT2D eigenvalue weighted by atomic mass is 35.5. The van der Waals surface area contributed by atoms with Gasteiger partial charge < -0.3 is 9.67 Å². The third-order valence-electron chi connectivity index (χ3n) is 2.97. The number of aliphatic hydroxyl groups excluding tert-OH is 1. The lowest BCUT2D eigenvalue weighted by Gasteiger charge is -2.07. The van der Waals surface area contributed by atoms with Gasteiger partial charge in [0.05, 0.1) is 6.10 Å². The molecule has 0 aliphatic rings. The van der Waals surface area contributed by atoms with E-state index in [2.05, 4.69) is 11.5 Å². The Hall–Kier alpha value is -1.25. The number of hydrogen-bond donors (Lipinski definition) is 1. The third-order valence-corrected chi connectivity index (χ3v) is 3.21. The summed E-state index contributed by atoms with van der Waals surface area (Å²) < 4.78 is 2.07. The molecule has 0 saturated heterocycles. The molecule has 3 heteroatoms. The SMILES string of the molecule is CCCC(O)c1ccn(Cc2cccc(Cl)c2)c1. The first-order chi connectivity index (χ1) is 8.69. The minimum Gasteiger partial charge on any atom is -0.388 e. The lowest BCUT2D eigenvalue weighted by Crippen LogP contribution is -1.98. The van der Waals surface area contributed by atoms with Gasteiger partial charge in [-0.3, -0.25) is 0 Å². The van der Waals surface area contributed by atoms with Crippen LogP contribution in [0, 0.1) is 0 Å². The zero-order chi connectivity index (χ0) is 13.0. The van der Waals surface area contributed by atoms with Crippen molar-refractivity contribution in [3.05, 3.63) is 58.9 Å². The highest BCUT2D eigenvalue weighted by Crippen LogP contribution is 2.19. The minimum atomic E-state index is -0.351. The fourth-order valence-corrected chi connectivity index (χ4v) is 2.25. The number of rotatable bonds is 5. The predicted octanol–water partition coefficient (Wildman–Crippen LogP) is 4.02. The number of benzene rings is 1. The topological polar surface area (TPSA) is 25.2 Å². The second-order valence-electron chi connectivity index (χ2n) is 4.55. The molecular weight excluding hydrogens is 246 g/mol. The normalized spacial score (nSPS) is 12.6. The summed E-state index contributed by atoms with van der Waals surface area (Å²) in [5.41, 5.74) is 2.15. The van der Waals surface area contributed by atoms with Gasteiger partial charge in [0.25, 0.3) is 0 Å². The zero-order valence-corrected chi connectivity index (χ0v) is 11.3. The van der Waals surface area contributed by atoms with Crippen LogP contribution in [0.1, 0.15) is 37.0 Å². The van der Waals surface area contributed by atoms with E-state index in [1.165, 1.54) is 0 Å². The predicted molar refractivity (Wildman–Crippen MR) is 74.9 cm³/mol. The molecule has 18 heavy (non-hydrogen) atoms. The number of halogens is 1. The van der Waals surface area contributed by atoms with Crippen LogP contribution < -0.4 is 0 Å². The minimum absolute atomic E-state index is 0.351. The fraction of sp³-hybridized carbons (Fsp3) is 0.333. The number of aliphatic hydroxyl groups is 1. The monoisotopic (exact) mass is 263 g/mol. The summed E-state index contributed by atoms with van der Waals surface area (Å²) >= 11 is 5.96. The summed E-state index contributed by atoms with van der Waals surface area (Å²) in [6.07, 6.45) is 5.44. The Bertz CT molecular complexity index is 507. The molecule has 0 aliphatic heterocycles. The molecule has 0 radical (unpaired) electrons. The summed E-state index contributed by atoms with van der Waals surface area (Å²) in [6, 6.07) is 9.81.